The standard InChI is InChI=1S/C20H24IN5O2/c1-25-8-10-26(11-9-25)18-7-6-15(12-22-18)13-23-19(27)14-24-20(28)16-4-2-3-5-17(16)21/h2-7,12H,8-11,13-14H2,1H3,(H,23,27)(H,24,28). The quantitative estimate of drug-likeness (QED) is 0.597. The molecule has 2 aromatic rings. The van der Waals surface area contributed by atoms with E-state index < -0.39 is 0 Å². The first-order chi connectivity index (χ1) is 13.5. The van der Waals surface area contributed by atoms with Crippen LogP contribution in [0.5, 0.6) is 0 Å². The van der Waals surface area contributed by atoms with Crippen LogP contribution in [0.4, 0.5) is 5.82 Å². The summed E-state index contributed by atoms with van der Waals surface area (Å²) in [6.45, 7) is 4.34. The van der Waals surface area contributed by atoms with E-state index in [0.29, 0.717) is 12.1 Å². The molecule has 3 rings (SSSR count). The zero-order valence-corrected chi connectivity index (χ0v) is 18.0. The summed E-state index contributed by atoms with van der Waals surface area (Å²) < 4.78 is 0.851. The molecule has 0 bridgehead atoms. The van der Waals surface area contributed by atoms with Gasteiger partial charge in [0.15, 0.2) is 0 Å². The van der Waals surface area contributed by atoms with Crippen molar-refractivity contribution >= 4 is 40.2 Å². The van der Waals surface area contributed by atoms with Gasteiger partial charge in [0.1, 0.15) is 5.82 Å². The highest BCUT2D eigenvalue weighted by Crippen LogP contribution is 2.13. The normalized spacial score (nSPS) is 14.6. The van der Waals surface area contributed by atoms with Gasteiger partial charge in [0, 0.05) is 42.5 Å². The molecule has 7 nitrogen and oxygen atoms in total. The number of rotatable bonds is 6. The van der Waals surface area contributed by atoms with Gasteiger partial charge >= 0.3 is 0 Å². The second-order valence-electron chi connectivity index (χ2n) is 6.75. The number of hydrogen-bond donors (Lipinski definition) is 2. The van der Waals surface area contributed by atoms with Crippen LogP contribution in [0.3, 0.4) is 0 Å². The summed E-state index contributed by atoms with van der Waals surface area (Å²) in [4.78, 5) is 33.2. The summed E-state index contributed by atoms with van der Waals surface area (Å²) in [6, 6.07) is 11.2. The maximum Gasteiger partial charge on any atom is 0.252 e. The molecule has 0 radical (unpaired) electrons. The third kappa shape index (κ3) is 5.65. The fourth-order valence-electron chi connectivity index (χ4n) is 2.91. The second-order valence-corrected chi connectivity index (χ2v) is 7.92. The van der Waals surface area contributed by atoms with Crippen molar-refractivity contribution in [1.29, 1.82) is 0 Å². The third-order valence-electron chi connectivity index (χ3n) is 4.65. The van der Waals surface area contributed by atoms with Crippen LogP contribution in [-0.4, -0.2) is 61.5 Å². The lowest BCUT2D eigenvalue weighted by atomic mass is 10.2. The van der Waals surface area contributed by atoms with Crippen LogP contribution in [0.25, 0.3) is 0 Å². The van der Waals surface area contributed by atoms with Crippen LogP contribution < -0.4 is 15.5 Å². The summed E-state index contributed by atoms with van der Waals surface area (Å²) in [7, 11) is 2.12. The van der Waals surface area contributed by atoms with E-state index in [9.17, 15) is 9.59 Å². The lowest BCUT2D eigenvalue weighted by Gasteiger charge is -2.33. The summed E-state index contributed by atoms with van der Waals surface area (Å²) in [5.41, 5.74) is 1.50. The number of aromatic nitrogens is 1. The Morgan fingerprint density at radius 3 is 2.50 bits per heavy atom. The van der Waals surface area contributed by atoms with E-state index >= 15 is 0 Å². The van der Waals surface area contributed by atoms with Gasteiger partial charge < -0.3 is 20.4 Å². The van der Waals surface area contributed by atoms with E-state index in [2.05, 4.69) is 55.1 Å². The number of benzene rings is 1. The monoisotopic (exact) mass is 493 g/mol. The van der Waals surface area contributed by atoms with Crippen molar-refractivity contribution in [3.63, 3.8) is 0 Å². The van der Waals surface area contributed by atoms with Crippen LogP contribution in [0.1, 0.15) is 15.9 Å². The van der Waals surface area contributed by atoms with E-state index in [-0.39, 0.29) is 18.4 Å². The first-order valence-corrected chi connectivity index (χ1v) is 10.3. The Hall–Kier alpha value is -2.20. The minimum absolute atomic E-state index is 0.0589. The minimum atomic E-state index is -0.252. The van der Waals surface area contributed by atoms with Gasteiger partial charge in [0.2, 0.25) is 5.91 Å². The molecule has 1 aromatic carbocycles. The molecule has 8 heteroatoms. The highest BCUT2D eigenvalue weighted by Gasteiger charge is 2.15. The Bertz CT molecular complexity index is 820. The zero-order valence-electron chi connectivity index (χ0n) is 15.8. The highest BCUT2D eigenvalue weighted by molar-refractivity contribution is 14.1. The van der Waals surface area contributed by atoms with Crippen LogP contribution in [0.2, 0.25) is 0 Å². The topological polar surface area (TPSA) is 77.6 Å². The average Bonchev–Trinajstić information content (AvgIpc) is 2.72. The number of piperazine rings is 1. The van der Waals surface area contributed by atoms with Gasteiger partial charge in [0.25, 0.3) is 5.91 Å². The smallest absolute Gasteiger partial charge is 0.252 e. The van der Waals surface area contributed by atoms with Crippen LogP contribution in [0, 0.1) is 3.57 Å². The maximum atomic E-state index is 12.1. The minimum Gasteiger partial charge on any atom is -0.354 e. The van der Waals surface area contributed by atoms with Crippen molar-refractivity contribution < 1.29 is 9.59 Å². The summed E-state index contributed by atoms with van der Waals surface area (Å²) >= 11 is 2.10. The number of pyridine rings is 1. The fraction of sp³-hybridized carbons (Fsp3) is 0.350. The van der Waals surface area contributed by atoms with Gasteiger partial charge in [-0.15, -0.1) is 0 Å². The van der Waals surface area contributed by atoms with Gasteiger partial charge in [0.05, 0.1) is 12.1 Å². The lowest BCUT2D eigenvalue weighted by molar-refractivity contribution is -0.120. The van der Waals surface area contributed by atoms with Gasteiger partial charge in [-0.05, 0) is 53.4 Å². The Morgan fingerprint density at radius 2 is 1.82 bits per heavy atom. The molecule has 1 aliphatic rings. The molecule has 2 heterocycles. The highest BCUT2D eigenvalue weighted by atomic mass is 127. The zero-order chi connectivity index (χ0) is 19.9. The number of hydrogen-bond acceptors (Lipinski definition) is 5. The molecule has 0 spiro atoms. The summed E-state index contributed by atoms with van der Waals surface area (Å²) in [5, 5.41) is 5.46. The van der Waals surface area contributed by atoms with E-state index in [1.807, 2.05) is 24.3 Å². The lowest BCUT2D eigenvalue weighted by Crippen LogP contribution is -2.44. The van der Waals surface area contributed by atoms with Gasteiger partial charge in [-0.2, -0.15) is 0 Å². The molecular formula is C20H24IN5O2. The predicted molar refractivity (Wildman–Crippen MR) is 117 cm³/mol. The molecule has 2 N–H and O–H groups in total. The fourth-order valence-corrected chi connectivity index (χ4v) is 3.54. The van der Waals surface area contributed by atoms with Crippen LogP contribution in [-0.2, 0) is 11.3 Å². The van der Waals surface area contributed by atoms with E-state index in [1.165, 1.54) is 0 Å². The molecule has 0 unspecified atom stereocenters. The number of anilines is 1. The van der Waals surface area contributed by atoms with Crippen LogP contribution in [0.15, 0.2) is 42.6 Å². The first-order valence-electron chi connectivity index (χ1n) is 9.21. The summed E-state index contributed by atoms with van der Waals surface area (Å²) in [5.74, 6) is 0.480. The number of amides is 2. The third-order valence-corrected chi connectivity index (χ3v) is 5.59. The summed E-state index contributed by atoms with van der Waals surface area (Å²) in [6.07, 6.45) is 1.79. The molecule has 28 heavy (non-hydrogen) atoms. The first kappa shape index (κ1) is 20.5. The number of carbonyl (C=O) groups excluding carboxylic acids is 2. The predicted octanol–water partition coefficient (Wildman–Crippen LogP) is 1.48. The Balaban J connectivity index is 1.43. The number of carbonyl (C=O) groups is 2. The van der Waals surface area contributed by atoms with E-state index in [0.717, 1.165) is 41.1 Å². The Kier molecular flexibility index (Phi) is 7.21. The second kappa shape index (κ2) is 9.83. The van der Waals surface area contributed by atoms with Crippen molar-refractivity contribution in [2.75, 3.05) is 44.7 Å². The Morgan fingerprint density at radius 1 is 1.07 bits per heavy atom. The van der Waals surface area contributed by atoms with E-state index in [1.54, 1.807) is 18.3 Å². The van der Waals surface area contributed by atoms with Crippen molar-refractivity contribution in [3.8, 4) is 0 Å². The van der Waals surface area contributed by atoms with Gasteiger partial charge in [-0.3, -0.25) is 9.59 Å². The largest absolute Gasteiger partial charge is 0.354 e. The van der Waals surface area contributed by atoms with E-state index in [4.69, 9.17) is 0 Å². The van der Waals surface area contributed by atoms with Gasteiger partial charge in [-0.1, -0.05) is 18.2 Å². The molecule has 148 valence electrons. The number of nitrogens with zero attached hydrogens (tertiary/aromatic N) is 3. The maximum absolute atomic E-state index is 12.1. The van der Waals surface area contributed by atoms with Crippen molar-refractivity contribution in [2.45, 2.75) is 6.54 Å². The molecule has 1 fully saturated rings. The van der Waals surface area contributed by atoms with Gasteiger partial charge in [-0.25, -0.2) is 4.98 Å². The number of nitrogens with one attached hydrogen (secondary N) is 2. The molecule has 0 aliphatic carbocycles. The SMILES string of the molecule is CN1CCN(c2ccc(CNC(=O)CNC(=O)c3ccccc3I)cn2)CC1. The van der Waals surface area contributed by atoms with Crippen LogP contribution >= 0.6 is 22.6 Å². The number of likely N-dealkylation sites (N-methyl/N-ethyl adjacent to an activating group) is 1. The Labute approximate surface area is 178 Å². The van der Waals surface area contributed by atoms with Crippen molar-refractivity contribution in [3.05, 3.63) is 57.3 Å². The molecule has 0 atom stereocenters. The van der Waals surface area contributed by atoms with Crippen molar-refractivity contribution in [1.82, 2.24) is 20.5 Å². The molecular weight excluding hydrogens is 469 g/mol. The molecule has 2 amide bonds. The van der Waals surface area contributed by atoms with Crippen molar-refractivity contribution in [2.24, 2.45) is 0 Å². The average molecular weight is 493 g/mol. The molecule has 1 aromatic heterocycles. The molecule has 0 saturated carbocycles. The molecule has 1 aliphatic heterocycles. The molecule has 1 saturated heterocycles. The number of halogens is 1.